The maximum Gasteiger partial charge on any atom is 0.354 e. The number of pyridine rings is 1. The van der Waals surface area contributed by atoms with E-state index in [0.29, 0.717) is 21.4 Å². The second kappa shape index (κ2) is 5.25. The van der Waals surface area contributed by atoms with E-state index in [1.54, 1.807) is 0 Å². The molecule has 2 N–H and O–H groups in total. The van der Waals surface area contributed by atoms with Crippen LogP contribution in [0.25, 0.3) is 5.52 Å². The van der Waals surface area contributed by atoms with Crippen molar-refractivity contribution in [3.63, 3.8) is 0 Å². The van der Waals surface area contributed by atoms with Crippen LogP contribution >= 0.6 is 0 Å². The van der Waals surface area contributed by atoms with Crippen molar-refractivity contribution < 1.29 is 9.13 Å². The number of rotatable bonds is 3. The maximum absolute atomic E-state index is 14.8. The molecule has 2 aliphatic rings. The number of methoxy groups -OCH3 is 1. The highest BCUT2D eigenvalue weighted by atomic mass is 19.1. The van der Waals surface area contributed by atoms with Gasteiger partial charge in [-0.05, 0) is 31.6 Å². The molecule has 128 valence electrons. The lowest BCUT2D eigenvalue weighted by Crippen LogP contribution is -2.44. The summed E-state index contributed by atoms with van der Waals surface area (Å²) in [5.41, 5.74) is -0.191. The van der Waals surface area contributed by atoms with Crippen LogP contribution in [0, 0.1) is 5.82 Å². The fourth-order valence-corrected chi connectivity index (χ4v) is 3.57. The third-order valence-electron chi connectivity index (χ3n) is 4.87. The van der Waals surface area contributed by atoms with Gasteiger partial charge in [0.2, 0.25) is 0 Å². The summed E-state index contributed by atoms with van der Waals surface area (Å²) in [5.74, 6) is 5.34. The number of ether oxygens (including phenoxy) is 1. The minimum Gasteiger partial charge on any atom is -0.492 e. The molecule has 1 aliphatic heterocycles. The highest BCUT2D eigenvalue weighted by Crippen LogP contribution is 2.44. The molecular formula is C16H19FN4O3. The number of nitrogens with two attached hydrogens (primary N) is 1. The lowest BCUT2D eigenvalue weighted by molar-refractivity contribution is 0.412. The summed E-state index contributed by atoms with van der Waals surface area (Å²) in [4.78, 5) is 26.8. The average molecular weight is 334 g/mol. The SMILES string of the molecule is COc1c(N2CCCC2)c(F)cn2c(=O)n(N)c(=O)c(C3CC3)c12. The Hall–Kier alpha value is -2.51. The van der Waals surface area contributed by atoms with Crippen LogP contribution in [0.15, 0.2) is 15.8 Å². The molecule has 0 spiro atoms. The van der Waals surface area contributed by atoms with E-state index in [1.807, 2.05) is 4.90 Å². The maximum atomic E-state index is 14.8. The molecule has 0 unspecified atom stereocenters. The fraction of sp³-hybridized carbons (Fsp3) is 0.500. The lowest BCUT2D eigenvalue weighted by Gasteiger charge is -2.23. The quantitative estimate of drug-likeness (QED) is 0.840. The van der Waals surface area contributed by atoms with Crippen LogP contribution in [0.5, 0.6) is 5.75 Å². The van der Waals surface area contributed by atoms with Crippen molar-refractivity contribution in [1.29, 1.82) is 0 Å². The van der Waals surface area contributed by atoms with Gasteiger partial charge < -0.3 is 15.5 Å². The summed E-state index contributed by atoms with van der Waals surface area (Å²) in [6.07, 6.45) is 4.76. The number of nitrogens with zero attached hydrogens (tertiary/aromatic N) is 3. The molecule has 0 atom stereocenters. The van der Waals surface area contributed by atoms with E-state index in [-0.39, 0.29) is 11.7 Å². The summed E-state index contributed by atoms with van der Waals surface area (Å²) >= 11 is 0. The first-order chi connectivity index (χ1) is 11.5. The van der Waals surface area contributed by atoms with E-state index in [9.17, 15) is 14.0 Å². The van der Waals surface area contributed by atoms with Gasteiger partial charge in [0.15, 0.2) is 11.6 Å². The first-order valence-electron chi connectivity index (χ1n) is 8.12. The monoisotopic (exact) mass is 334 g/mol. The molecule has 2 aromatic rings. The standard InChI is InChI=1S/C16H19FN4O3/c1-24-14-12(19-6-2-3-7-19)10(17)8-20-13(14)11(9-4-5-9)15(22)21(18)16(20)23/h8-9H,2-7,18H2,1H3. The van der Waals surface area contributed by atoms with Crippen LogP contribution in [0.1, 0.15) is 37.2 Å². The van der Waals surface area contributed by atoms with Crippen molar-refractivity contribution in [2.45, 2.75) is 31.6 Å². The van der Waals surface area contributed by atoms with Crippen molar-refractivity contribution in [2.75, 3.05) is 30.9 Å². The van der Waals surface area contributed by atoms with Crippen molar-refractivity contribution >= 4 is 11.2 Å². The van der Waals surface area contributed by atoms with E-state index in [0.717, 1.165) is 49.4 Å². The molecule has 0 aromatic carbocycles. The zero-order valence-corrected chi connectivity index (χ0v) is 13.4. The van der Waals surface area contributed by atoms with Crippen LogP contribution in [0.4, 0.5) is 10.1 Å². The first kappa shape index (κ1) is 15.0. The Morgan fingerprint density at radius 3 is 2.50 bits per heavy atom. The van der Waals surface area contributed by atoms with Gasteiger partial charge in [-0.2, -0.15) is 4.68 Å². The Labute approximate surface area is 137 Å². The van der Waals surface area contributed by atoms with Crippen LogP contribution in [0.2, 0.25) is 0 Å². The van der Waals surface area contributed by atoms with Gasteiger partial charge in [-0.3, -0.25) is 9.20 Å². The molecule has 7 nitrogen and oxygen atoms in total. The molecule has 0 bridgehead atoms. The Morgan fingerprint density at radius 2 is 1.92 bits per heavy atom. The first-order valence-corrected chi connectivity index (χ1v) is 8.12. The Balaban J connectivity index is 2.15. The third-order valence-corrected chi connectivity index (χ3v) is 4.87. The highest BCUT2D eigenvalue weighted by molar-refractivity contribution is 5.78. The summed E-state index contributed by atoms with van der Waals surface area (Å²) in [6.45, 7) is 1.45. The Bertz CT molecular complexity index is 939. The summed E-state index contributed by atoms with van der Waals surface area (Å²) in [7, 11) is 1.43. The van der Waals surface area contributed by atoms with Crippen molar-refractivity contribution in [3.05, 3.63) is 38.4 Å². The normalized spacial score (nSPS) is 17.7. The predicted octanol–water partition coefficient (Wildman–Crippen LogP) is 0.800. The summed E-state index contributed by atoms with van der Waals surface area (Å²) in [5, 5.41) is 0. The lowest BCUT2D eigenvalue weighted by atomic mass is 10.1. The zero-order chi connectivity index (χ0) is 17.0. The minimum atomic E-state index is -0.774. The average Bonchev–Trinajstić information content (AvgIpc) is 3.26. The van der Waals surface area contributed by atoms with Crippen LogP contribution in [-0.2, 0) is 0 Å². The van der Waals surface area contributed by atoms with Gasteiger partial charge in [-0.15, -0.1) is 0 Å². The molecule has 0 amide bonds. The van der Waals surface area contributed by atoms with Crippen molar-refractivity contribution in [1.82, 2.24) is 9.08 Å². The molecule has 1 aliphatic carbocycles. The number of fused-ring (bicyclic) bond motifs is 1. The highest BCUT2D eigenvalue weighted by Gasteiger charge is 2.34. The van der Waals surface area contributed by atoms with E-state index in [2.05, 4.69) is 0 Å². The van der Waals surface area contributed by atoms with Crippen LogP contribution in [-0.4, -0.2) is 29.3 Å². The van der Waals surface area contributed by atoms with Gasteiger partial charge >= 0.3 is 5.69 Å². The zero-order valence-electron chi connectivity index (χ0n) is 13.4. The Morgan fingerprint density at radius 1 is 1.25 bits per heavy atom. The van der Waals surface area contributed by atoms with Gasteiger partial charge in [0, 0.05) is 13.1 Å². The van der Waals surface area contributed by atoms with Crippen LogP contribution < -0.4 is 26.7 Å². The smallest absolute Gasteiger partial charge is 0.354 e. The number of hydrogen-bond acceptors (Lipinski definition) is 5. The van der Waals surface area contributed by atoms with E-state index < -0.39 is 17.1 Å². The van der Waals surface area contributed by atoms with Gasteiger partial charge in [-0.25, -0.2) is 9.18 Å². The fourth-order valence-electron chi connectivity index (χ4n) is 3.57. The molecular weight excluding hydrogens is 315 g/mol. The number of anilines is 1. The molecule has 1 saturated carbocycles. The van der Waals surface area contributed by atoms with Gasteiger partial charge in [0.05, 0.1) is 18.9 Å². The molecule has 1 saturated heterocycles. The molecule has 3 heterocycles. The van der Waals surface area contributed by atoms with Crippen molar-refractivity contribution in [2.24, 2.45) is 0 Å². The molecule has 0 radical (unpaired) electrons. The number of hydrogen-bond donors (Lipinski definition) is 1. The molecule has 2 fully saturated rings. The molecule has 4 rings (SSSR count). The Kier molecular flexibility index (Phi) is 3.29. The largest absolute Gasteiger partial charge is 0.492 e. The second-order valence-electron chi connectivity index (χ2n) is 6.42. The second-order valence-corrected chi connectivity index (χ2v) is 6.42. The minimum absolute atomic E-state index is 0.0358. The topological polar surface area (TPSA) is 82.0 Å². The van der Waals surface area contributed by atoms with Crippen LogP contribution in [0.3, 0.4) is 0 Å². The van der Waals surface area contributed by atoms with Gasteiger partial charge in [0.1, 0.15) is 11.2 Å². The van der Waals surface area contributed by atoms with E-state index in [1.165, 1.54) is 7.11 Å². The predicted molar refractivity (Wildman–Crippen MR) is 88.0 cm³/mol. The van der Waals surface area contributed by atoms with Gasteiger partial charge in [-0.1, -0.05) is 0 Å². The summed E-state index contributed by atoms with van der Waals surface area (Å²) < 4.78 is 21.9. The number of nitrogen functional groups attached to an aromatic ring is 1. The molecule has 8 heteroatoms. The molecule has 2 aromatic heterocycles. The molecule has 24 heavy (non-hydrogen) atoms. The van der Waals surface area contributed by atoms with E-state index >= 15 is 0 Å². The summed E-state index contributed by atoms with van der Waals surface area (Å²) in [6, 6.07) is 0. The number of aromatic nitrogens is 2. The third kappa shape index (κ3) is 2.02. The van der Waals surface area contributed by atoms with Gasteiger partial charge in [0.25, 0.3) is 5.56 Å². The van der Waals surface area contributed by atoms with Crippen molar-refractivity contribution in [3.8, 4) is 5.75 Å². The number of halogens is 1. The van der Waals surface area contributed by atoms with E-state index in [4.69, 9.17) is 10.6 Å².